The maximum absolute atomic E-state index is 10.7. The Balaban J connectivity index is 3.83. The van der Waals surface area contributed by atoms with Crippen LogP contribution in [0.3, 0.4) is 0 Å². The number of ether oxygens (including phenoxy) is 1. The molecule has 0 aromatic carbocycles. The summed E-state index contributed by atoms with van der Waals surface area (Å²) in [6, 6.07) is -0.935. The number of methoxy groups -OCH3 is 1. The second kappa shape index (κ2) is 8.01. The van der Waals surface area contributed by atoms with Crippen LogP contribution in [0.4, 0.5) is 4.79 Å². The molecule has 88 valence electrons. The van der Waals surface area contributed by atoms with Gasteiger partial charge in [-0.2, -0.15) is 0 Å². The van der Waals surface area contributed by atoms with Crippen LogP contribution < -0.4 is 11.2 Å². The van der Waals surface area contributed by atoms with E-state index < -0.39 is 18.2 Å². The number of unbranched alkanes of at least 4 members (excludes halogenated alkanes) is 1. The van der Waals surface area contributed by atoms with Gasteiger partial charge in [-0.05, 0) is 25.8 Å². The highest BCUT2D eigenvalue weighted by atomic mass is 16.8. The van der Waals surface area contributed by atoms with E-state index in [1.54, 1.807) is 0 Å². The maximum atomic E-state index is 10.7. The van der Waals surface area contributed by atoms with Crippen LogP contribution in [-0.2, 0) is 14.4 Å². The highest BCUT2D eigenvalue weighted by Crippen LogP contribution is 2.00. The summed E-state index contributed by atoms with van der Waals surface area (Å²) < 4.78 is 4.17. The van der Waals surface area contributed by atoms with E-state index in [0.29, 0.717) is 19.4 Å². The molecule has 0 unspecified atom stereocenters. The molecule has 0 spiro atoms. The van der Waals surface area contributed by atoms with E-state index >= 15 is 0 Å². The van der Waals surface area contributed by atoms with E-state index in [2.05, 4.69) is 15.1 Å². The highest BCUT2D eigenvalue weighted by molar-refractivity contribution is 5.73. The summed E-state index contributed by atoms with van der Waals surface area (Å²) in [6.45, 7) is 0.504. The molecule has 0 fully saturated rings. The van der Waals surface area contributed by atoms with Crippen molar-refractivity contribution >= 4 is 12.1 Å². The zero-order valence-corrected chi connectivity index (χ0v) is 8.56. The van der Waals surface area contributed by atoms with Crippen LogP contribution in [0.25, 0.3) is 0 Å². The third-order valence-electron chi connectivity index (χ3n) is 1.70. The Morgan fingerprint density at radius 2 is 2.13 bits per heavy atom. The molecule has 0 aliphatic carbocycles. The van der Waals surface area contributed by atoms with Gasteiger partial charge in [-0.1, -0.05) is 0 Å². The van der Waals surface area contributed by atoms with Gasteiger partial charge < -0.3 is 20.4 Å². The van der Waals surface area contributed by atoms with Crippen molar-refractivity contribution in [1.29, 1.82) is 0 Å². The third kappa shape index (κ3) is 6.69. The molecule has 0 aromatic heterocycles. The quantitative estimate of drug-likeness (QED) is 0.311. The zero-order chi connectivity index (χ0) is 11.7. The average molecular weight is 220 g/mol. The Bertz CT molecular complexity index is 209. The molecule has 7 nitrogen and oxygen atoms in total. The topological polar surface area (TPSA) is 111 Å². The number of nitrogens with two attached hydrogens (primary N) is 1. The lowest BCUT2D eigenvalue weighted by Crippen LogP contribution is -2.38. The number of carbonyl (C=O) groups is 2. The molecule has 0 amide bonds. The number of rotatable bonds is 7. The Kier molecular flexibility index (Phi) is 7.29. The molecular weight excluding hydrogens is 204 g/mol. The van der Waals surface area contributed by atoms with Gasteiger partial charge in [0.05, 0.1) is 7.11 Å². The van der Waals surface area contributed by atoms with Crippen molar-refractivity contribution in [2.75, 3.05) is 13.7 Å². The van der Waals surface area contributed by atoms with Crippen molar-refractivity contribution in [3.63, 3.8) is 0 Å². The SMILES string of the molecule is COC(=O)ON[C@@H](CCCCN)C(=O)O. The Morgan fingerprint density at radius 3 is 2.60 bits per heavy atom. The first-order valence-electron chi connectivity index (χ1n) is 4.55. The number of aliphatic carboxylic acids is 1. The largest absolute Gasteiger partial charge is 0.527 e. The van der Waals surface area contributed by atoms with Crippen LogP contribution in [0, 0.1) is 0 Å². The number of nitrogens with one attached hydrogen (secondary N) is 1. The van der Waals surface area contributed by atoms with E-state index in [1.807, 2.05) is 0 Å². The maximum Gasteiger partial charge on any atom is 0.527 e. The molecule has 7 heteroatoms. The molecular formula is C8H16N2O5. The molecule has 0 heterocycles. The second-order valence-corrected chi connectivity index (χ2v) is 2.85. The van der Waals surface area contributed by atoms with Crippen molar-refractivity contribution in [2.45, 2.75) is 25.3 Å². The predicted octanol–water partition coefficient (Wildman–Crippen LogP) is -0.144. The average Bonchev–Trinajstić information content (AvgIpc) is 2.22. The Labute approximate surface area is 87.5 Å². The van der Waals surface area contributed by atoms with Crippen molar-refractivity contribution in [3.8, 4) is 0 Å². The van der Waals surface area contributed by atoms with E-state index in [0.717, 1.165) is 13.5 Å². The summed E-state index contributed by atoms with van der Waals surface area (Å²) >= 11 is 0. The first kappa shape index (κ1) is 13.7. The number of hydrogen-bond acceptors (Lipinski definition) is 6. The first-order chi connectivity index (χ1) is 7.11. The molecule has 4 N–H and O–H groups in total. The molecule has 0 rings (SSSR count). The summed E-state index contributed by atoms with van der Waals surface area (Å²) in [6.07, 6.45) is 0.734. The van der Waals surface area contributed by atoms with Crippen LogP contribution in [0.5, 0.6) is 0 Å². The Morgan fingerprint density at radius 1 is 1.47 bits per heavy atom. The normalized spacial score (nSPS) is 11.9. The minimum atomic E-state index is -1.09. The lowest BCUT2D eigenvalue weighted by molar-refractivity contribution is -0.143. The van der Waals surface area contributed by atoms with E-state index in [1.165, 1.54) is 0 Å². The number of carboxylic acids is 1. The number of carboxylic acid groups (broad SMARTS) is 1. The summed E-state index contributed by atoms with van der Waals surface area (Å²) in [5.74, 6) is -1.09. The molecule has 0 aromatic rings. The van der Waals surface area contributed by atoms with Gasteiger partial charge in [0.2, 0.25) is 0 Å². The number of hydrogen-bond donors (Lipinski definition) is 3. The number of carbonyl (C=O) groups excluding carboxylic acids is 1. The van der Waals surface area contributed by atoms with Gasteiger partial charge in [-0.15, -0.1) is 5.48 Å². The van der Waals surface area contributed by atoms with Crippen molar-refractivity contribution in [3.05, 3.63) is 0 Å². The number of hydroxylamine groups is 1. The van der Waals surface area contributed by atoms with E-state index in [4.69, 9.17) is 10.8 Å². The van der Waals surface area contributed by atoms with Gasteiger partial charge in [-0.25, -0.2) is 4.79 Å². The molecule has 0 saturated carbocycles. The molecule has 15 heavy (non-hydrogen) atoms. The highest BCUT2D eigenvalue weighted by Gasteiger charge is 2.18. The lowest BCUT2D eigenvalue weighted by Gasteiger charge is -2.12. The summed E-state index contributed by atoms with van der Waals surface area (Å²) in [4.78, 5) is 25.5. The first-order valence-corrected chi connectivity index (χ1v) is 4.55. The van der Waals surface area contributed by atoms with Crippen molar-refractivity contribution in [2.24, 2.45) is 5.73 Å². The third-order valence-corrected chi connectivity index (χ3v) is 1.70. The fourth-order valence-electron chi connectivity index (χ4n) is 0.887. The molecule has 1 atom stereocenters. The van der Waals surface area contributed by atoms with Gasteiger partial charge in [-0.3, -0.25) is 4.79 Å². The molecule has 0 aliphatic heterocycles. The molecule has 0 aliphatic rings. The predicted molar refractivity (Wildman–Crippen MR) is 51.0 cm³/mol. The van der Waals surface area contributed by atoms with Gasteiger partial charge in [0, 0.05) is 0 Å². The van der Waals surface area contributed by atoms with E-state index in [-0.39, 0.29) is 0 Å². The van der Waals surface area contributed by atoms with Crippen LogP contribution in [0.15, 0.2) is 0 Å². The second-order valence-electron chi connectivity index (χ2n) is 2.85. The van der Waals surface area contributed by atoms with Crippen molar-refractivity contribution in [1.82, 2.24) is 5.48 Å². The molecule has 0 radical (unpaired) electrons. The molecule has 0 saturated heterocycles. The molecule has 0 bridgehead atoms. The monoisotopic (exact) mass is 220 g/mol. The van der Waals surface area contributed by atoms with Gasteiger partial charge in [0.25, 0.3) is 0 Å². The summed E-state index contributed by atoms with van der Waals surface area (Å²) in [7, 11) is 1.13. The minimum absolute atomic E-state index is 0.337. The van der Waals surface area contributed by atoms with Gasteiger partial charge in [0.15, 0.2) is 0 Å². The standard InChI is InChI=1S/C8H16N2O5/c1-14-8(13)15-10-6(7(11)12)4-2-3-5-9/h6,10H,2-5,9H2,1H3,(H,11,12)/t6-/m0/s1. The Hall–Kier alpha value is -1.34. The fraction of sp³-hybridized carbons (Fsp3) is 0.750. The fourth-order valence-corrected chi connectivity index (χ4v) is 0.887. The van der Waals surface area contributed by atoms with Gasteiger partial charge in [0.1, 0.15) is 6.04 Å². The zero-order valence-electron chi connectivity index (χ0n) is 8.56. The van der Waals surface area contributed by atoms with Crippen LogP contribution >= 0.6 is 0 Å². The van der Waals surface area contributed by atoms with Crippen LogP contribution in [0.1, 0.15) is 19.3 Å². The van der Waals surface area contributed by atoms with Crippen LogP contribution in [0.2, 0.25) is 0 Å². The summed E-state index contributed by atoms with van der Waals surface area (Å²) in [5.41, 5.74) is 7.38. The minimum Gasteiger partial charge on any atom is -0.480 e. The lowest BCUT2D eigenvalue weighted by atomic mass is 10.1. The van der Waals surface area contributed by atoms with E-state index in [9.17, 15) is 9.59 Å². The summed E-state index contributed by atoms with van der Waals surface area (Å²) in [5, 5.41) is 8.73. The van der Waals surface area contributed by atoms with Crippen LogP contribution in [-0.4, -0.2) is 36.9 Å². The van der Waals surface area contributed by atoms with Gasteiger partial charge >= 0.3 is 12.1 Å². The smallest absolute Gasteiger partial charge is 0.480 e. The van der Waals surface area contributed by atoms with Crippen molar-refractivity contribution < 1.29 is 24.3 Å².